The molecule has 1 saturated heterocycles. The van der Waals surface area contributed by atoms with Crippen molar-refractivity contribution < 1.29 is 13.2 Å². The zero-order valence-corrected chi connectivity index (χ0v) is 15.4. The Hall–Kier alpha value is -1.15. The second-order valence-electron chi connectivity index (χ2n) is 6.29. The van der Waals surface area contributed by atoms with Crippen molar-refractivity contribution in [2.45, 2.75) is 31.1 Å². The molecule has 134 valence electrons. The third-order valence-electron chi connectivity index (χ3n) is 4.88. The number of sulfonamides is 1. The molecule has 1 fully saturated rings. The van der Waals surface area contributed by atoms with Crippen molar-refractivity contribution >= 4 is 34.0 Å². The number of halogens is 1. The van der Waals surface area contributed by atoms with Crippen molar-refractivity contribution in [1.29, 1.82) is 0 Å². The van der Waals surface area contributed by atoms with Crippen LogP contribution in [0.3, 0.4) is 0 Å². The minimum absolute atomic E-state index is 0. The molecule has 0 radical (unpaired) electrons. The molecule has 2 aliphatic rings. The van der Waals surface area contributed by atoms with E-state index in [0.717, 1.165) is 30.5 Å². The average molecular weight is 374 g/mol. The van der Waals surface area contributed by atoms with Crippen molar-refractivity contribution in [1.82, 2.24) is 4.31 Å². The van der Waals surface area contributed by atoms with Gasteiger partial charge in [0.25, 0.3) is 0 Å². The van der Waals surface area contributed by atoms with Gasteiger partial charge in [-0.1, -0.05) is 6.07 Å². The Morgan fingerprint density at radius 1 is 1.25 bits per heavy atom. The van der Waals surface area contributed by atoms with E-state index in [1.807, 2.05) is 6.07 Å². The number of fused-ring (bicyclic) bond motifs is 1. The van der Waals surface area contributed by atoms with E-state index in [1.54, 1.807) is 17.0 Å². The molecule has 8 heteroatoms. The largest absolute Gasteiger partial charge is 0.330 e. The van der Waals surface area contributed by atoms with Crippen molar-refractivity contribution in [3.05, 3.63) is 23.8 Å². The highest BCUT2D eigenvalue weighted by Crippen LogP contribution is 2.32. The van der Waals surface area contributed by atoms with Crippen molar-refractivity contribution in [3.63, 3.8) is 0 Å². The van der Waals surface area contributed by atoms with Crippen LogP contribution in [0.5, 0.6) is 0 Å². The first-order valence-electron chi connectivity index (χ1n) is 8.04. The van der Waals surface area contributed by atoms with Crippen molar-refractivity contribution in [3.8, 4) is 0 Å². The molecule has 2 N–H and O–H groups in total. The summed E-state index contributed by atoms with van der Waals surface area (Å²) < 4.78 is 27.2. The Balaban J connectivity index is 0.00000208. The number of hydrogen-bond acceptors (Lipinski definition) is 4. The first-order valence-corrected chi connectivity index (χ1v) is 9.48. The smallest absolute Gasteiger partial charge is 0.243 e. The van der Waals surface area contributed by atoms with Crippen LogP contribution >= 0.6 is 12.4 Å². The summed E-state index contributed by atoms with van der Waals surface area (Å²) in [5.74, 6) is 0.358. The van der Waals surface area contributed by atoms with E-state index < -0.39 is 10.0 Å². The summed E-state index contributed by atoms with van der Waals surface area (Å²) in [6.07, 6.45) is 2.39. The van der Waals surface area contributed by atoms with Gasteiger partial charge in [-0.15, -0.1) is 12.4 Å². The van der Waals surface area contributed by atoms with E-state index >= 15 is 0 Å². The molecular formula is C16H24ClN3O3S. The second kappa shape index (κ2) is 7.39. The van der Waals surface area contributed by atoms with Crippen LogP contribution in [-0.2, 0) is 21.2 Å². The molecule has 2 heterocycles. The van der Waals surface area contributed by atoms with E-state index in [1.165, 1.54) is 11.2 Å². The number of anilines is 1. The molecule has 2 aliphatic heterocycles. The van der Waals surface area contributed by atoms with Crippen LogP contribution in [0.25, 0.3) is 0 Å². The summed E-state index contributed by atoms with van der Waals surface area (Å²) in [7, 11) is -3.51. The van der Waals surface area contributed by atoms with Gasteiger partial charge in [0.1, 0.15) is 0 Å². The summed E-state index contributed by atoms with van der Waals surface area (Å²) in [5, 5.41) is 0. The Labute approximate surface area is 149 Å². The number of nitrogens with zero attached hydrogens (tertiary/aromatic N) is 2. The first kappa shape index (κ1) is 19.2. The Morgan fingerprint density at radius 2 is 1.92 bits per heavy atom. The SMILES string of the molecule is CC(=O)N1CCc2ccc(S(=O)(=O)N3CCC(CN)CC3)cc21.Cl. The van der Waals surface area contributed by atoms with Gasteiger partial charge in [0.05, 0.1) is 4.90 Å². The van der Waals surface area contributed by atoms with E-state index in [2.05, 4.69) is 0 Å². The fraction of sp³-hybridized carbons (Fsp3) is 0.562. The fourth-order valence-corrected chi connectivity index (χ4v) is 4.87. The lowest BCUT2D eigenvalue weighted by molar-refractivity contribution is -0.116. The highest BCUT2D eigenvalue weighted by Gasteiger charge is 2.31. The third kappa shape index (κ3) is 3.44. The molecule has 3 rings (SSSR count). The molecule has 0 atom stereocenters. The molecule has 6 nitrogen and oxygen atoms in total. The van der Waals surface area contributed by atoms with Crippen LogP contribution < -0.4 is 10.6 Å². The molecule has 1 aromatic rings. The van der Waals surface area contributed by atoms with Gasteiger partial charge in [-0.25, -0.2) is 8.42 Å². The van der Waals surface area contributed by atoms with Crippen molar-refractivity contribution in [2.24, 2.45) is 11.7 Å². The molecule has 0 aromatic heterocycles. The summed E-state index contributed by atoms with van der Waals surface area (Å²) in [5.41, 5.74) is 7.43. The fourth-order valence-electron chi connectivity index (χ4n) is 3.38. The maximum atomic E-state index is 12.8. The van der Waals surface area contributed by atoms with Gasteiger partial charge in [-0.05, 0) is 49.4 Å². The standard InChI is InChI=1S/C16H23N3O3S.ClH/c1-12(20)19-9-6-14-2-3-15(10-16(14)19)23(21,22)18-7-4-13(11-17)5-8-18;/h2-3,10,13H,4-9,11,17H2,1H3;1H. The zero-order chi connectivity index (χ0) is 16.6. The molecular weight excluding hydrogens is 350 g/mol. The third-order valence-corrected chi connectivity index (χ3v) is 6.77. The molecule has 0 unspecified atom stereocenters. The minimum Gasteiger partial charge on any atom is -0.330 e. The van der Waals surface area contributed by atoms with Crippen LogP contribution in [0, 0.1) is 5.92 Å². The monoisotopic (exact) mass is 373 g/mol. The molecule has 0 aliphatic carbocycles. The Morgan fingerprint density at radius 3 is 2.50 bits per heavy atom. The van der Waals surface area contributed by atoms with Gasteiger partial charge in [0.15, 0.2) is 0 Å². The number of piperidine rings is 1. The molecule has 0 spiro atoms. The predicted octanol–water partition coefficient (Wildman–Crippen LogP) is 1.38. The van der Waals surface area contributed by atoms with E-state index in [-0.39, 0.29) is 23.2 Å². The predicted molar refractivity (Wildman–Crippen MR) is 96.0 cm³/mol. The van der Waals surface area contributed by atoms with Gasteiger partial charge in [-0.3, -0.25) is 4.79 Å². The van der Waals surface area contributed by atoms with Crippen LogP contribution in [-0.4, -0.2) is 44.8 Å². The van der Waals surface area contributed by atoms with Crippen LogP contribution in [0.2, 0.25) is 0 Å². The first-order chi connectivity index (χ1) is 10.9. The van der Waals surface area contributed by atoms with Crippen molar-refractivity contribution in [2.75, 3.05) is 31.1 Å². The normalized spacial score (nSPS) is 19.0. The molecule has 0 bridgehead atoms. The molecule has 1 aromatic carbocycles. The lowest BCUT2D eigenvalue weighted by Crippen LogP contribution is -2.40. The number of rotatable bonds is 3. The lowest BCUT2D eigenvalue weighted by Gasteiger charge is -2.30. The number of hydrogen-bond donors (Lipinski definition) is 1. The molecule has 24 heavy (non-hydrogen) atoms. The van der Waals surface area contributed by atoms with Crippen LogP contribution in [0.1, 0.15) is 25.3 Å². The van der Waals surface area contributed by atoms with Gasteiger partial charge < -0.3 is 10.6 Å². The topological polar surface area (TPSA) is 83.7 Å². The number of amides is 1. The number of carbonyl (C=O) groups is 1. The number of carbonyl (C=O) groups excluding carboxylic acids is 1. The quantitative estimate of drug-likeness (QED) is 0.867. The van der Waals surface area contributed by atoms with E-state index in [0.29, 0.717) is 32.1 Å². The summed E-state index contributed by atoms with van der Waals surface area (Å²) in [4.78, 5) is 13.6. The maximum absolute atomic E-state index is 12.8. The van der Waals surface area contributed by atoms with E-state index in [9.17, 15) is 13.2 Å². The number of nitrogens with two attached hydrogens (primary N) is 1. The lowest BCUT2D eigenvalue weighted by atomic mass is 9.99. The average Bonchev–Trinajstić information content (AvgIpc) is 2.98. The highest BCUT2D eigenvalue weighted by molar-refractivity contribution is 7.89. The minimum atomic E-state index is -3.51. The second-order valence-corrected chi connectivity index (χ2v) is 8.23. The number of benzene rings is 1. The van der Waals surface area contributed by atoms with Gasteiger partial charge in [0.2, 0.25) is 15.9 Å². The van der Waals surface area contributed by atoms with Gasteiger partial charge in [-0.2, -0.15) is 4.31 Å². The summed E-state index contributed by atoms with van der Waals surface area (Å²) in [6, 6.07) is 5.14. The van der Waals surface area contributed by atoms with E-state index in [4.69, 9.17) is 5.73 Å². The highest BCUT2D eigenvalue weighted by atomic mass is 35.5. The summed E-state index contributed by atoms with van der Waals surface area (Å²) in [6.45, 7) is 3.76. The Kier molecular flexibility index (Phi) is 5.91. The summed E-state index contributed by atoms with van der Waals surface area (Å²) >= 11 is 0. The van der Waals surface area contributed by atoms with Crippen LogP contribution in [0.4, 0.5) is 5.69 Å². The van der Waals surface area contributed by atoms with Gasteiger partial charge in [0, 0.05) is 32.2 Å². The Bertz CT molecular complexity index is 715. The maximum Gasteiger partial charge on any atom is 0.243 e. The molecule has 0 saturated carbocycles. The van der Waals surface area contributed by atoms with Crippen LogP contribution in [0.15, 0.2) is 23.1 Å². The van der Waals surface area contributed by atoms with Gasteiger partial charge >= 0.3 is 0 Å². The zero-order valence-electron chi connectivity index (χ0n) is 13.8. The molecule has 1 amide bonds.